The van der Waals surface area contributed by atoms with Crippen molar-refractivity contribution < 1.29 is 13.5 Å². The highest BCUT2D eigenvalue weighted by molar-refractivity contribution is 9.10. The Hall–Kier alpha value is -1.13. The highest BCUT2D eigenvalue weighted by Gasteiger charge is 2.14. The van der Waals surface area contributed by atoms with Gasteiger partial charge in [0.2, 0.25) is 0 Å². The Morgan fingerprint density at radius 1 is 1.16 bits per heavy atom. The Morgan fingerprint density at radius 3 is 2.32 bits per heavy atom. The molecular formula is C14H10BrClF2O. The van der Waals surface area contributed by atoms with Gasteiger partial charge in [-0.15, -0.1) is 11.6 Å². The van der Waals surface area contributed by atoms with Gasteiger partial charge in [-0.3, -0.25) is 0 Å². The quantitative estimate of drug-likeness (QED) is 0.660. The van der Waals surface area contributed by atoms with E-state index in [-0.39, 0.29) is 5.88 Å². The van der Waals surface area contributed by atoms with Crippen LogP contribution < -0.4 is 4.74 Å². The van der Waals surface area contributed by atoms with Crippen LogP contribution in [0, 0.1) is 18.6 Å². The van der Waals surface area contributed by atoms with Gasteiger partial charge in [-0.1, -0.05) is 6.07 Å². The molecule has 1 nitrogen and oxygen atoms in total. The highest BCUT2D eigenvalue weighted by atomic mass is 79.9. The number of ether oxygens (including phenoxy) is 1. The normalized spacial score (nSPS) is 10.6. The third kappa shape index (κ3) is 3.25. The van der Waals surface area contributed by atoms with E-state index in [9.17, 15) is 8.78 Å². The second-order valence-corrected chi connectivity index (χ2v) is 5.18. The second kappa shape index (κ2) is 5.88. The van der Waals surface area contributed by atoms with E-state index in [2.05, 4.69) is 15.9 Å². The van der Waals surface area contributed by atoms with Crippen LogP contribution in [0.2, 0.25) is 0 Å². The lowest BCUT2D eigenvalue weighted by Gasteiger charge is -2.11. The first-order valence-electron chi connectivity index (χ1n) is 5.49. The van der Waals surface area contributed by atoms with E-state index >= 15 is 0 Å². The van der Waals surface area contributed by atoms with Crippen LogP contribution in [-0.4, -0.2) is 0 Å². The lowest BCUT2D eigenvalue weighted by molar-refractivity contribution is 0.405. The van der Waals surface area contributed by atoms with Gasteiger partial charge in [0.15, 0.2) is 17.4 Å². The Labute approximate surface area is 123 Å². The molecule has 2 aromatic rings. The van der Waals surface area contributed by atoms with Crippen LogP contribution >= 0.6 is 27.5 Å². The molecule has 2 rings (SSSR count). The summed E-state index contributed by atoms with van der Waals surface area (Å²) in [6, 6.07) is 7.57. The first-order valence-corrected chi connectivity index (χ1v) is 6.82. The maximum absolute atomic E-state index is 13.8. The highest BCUT2D eigenvalue weighted by Crippen LogP contribution is 2.33. The molecule has 0 N–H and O–H groups in total. The largest absolute Gasteiger partial charge is 0.450 e. The van der Waals surface area contributed by atoms with E-state index in [1.165, 1.54) is 0 Å². The van der Waals surface area contributed by atoms with E-state index in [0.717, 1.165) is 17.7 Å². The predicted octanol–water partition coefficient (Wildman–Crippen LogP) is 5.57. The van der Waals surface area contributed by atoms with E-state index in [0.29, 0.717) is 15.8 Å². The van der Waals surface area contributed by atoms with E-state index in [1.807, 2.05) is 6.92 Å². The first kappa shape index (κ1) is 14.3. The van der Waals surface area contributed by atoms with Crippen LogP contribution in [-0.2, 0) is 5.88 Å². The van der Waals surface area contributed by atoms with Crippen molar-refractivity contribution in [3.8, 4) is 11.5 Å². The molecule has 0 saturated heterocycles. The average molecular weight is 348 g/mol. The van der Waals surface area contributed by atoms with Gasteiger partial charge in [0.1, 0.15) is 5.75 Å². The van der Waals surface area contributed by atoms with Crippen molar-refractivity contribution in [2.24, 2.45) is 0 Å². The minimum atomic E-state index is -0.775. The van der Waals surface area contributed by atoms with Crippen LogP contribution in [0.3, 0.4) is 0 Å². The average Bonchev–Trinajstić information content (AvgIpc) is 2.35. The maximum Gasteiger partial charge on any atom is 0.198 e. The van der Waals surface area contributed by atoms with E-state index in [1.54, 1.807) is 18.2 Å². The molecule has 5 heteroatoms. The van der Waals surface area contributed by atoms with Gasteiger partial charge < -0.3 is 4.74 Å². The Bertz CT molecular complexity index is 593. The summed E-state index contributed by atoms with van der Waals surface area (Å²) >= 11 is 8.84. The number of benzene rings is 2. The summed E-state index contributed by atoms with van der Waals surface area (Å²) in [5, 5.41) is 0. The van der Waals surface area contributed by atoms with Crippen LogP contribution in [0.15, 0.2) is 34.8 Å². The number of hydrogen-bond donors (Lipinski definition) is 0. The summed E-state index contributed by atoms with van der Waals surface area (Å²) in [5.41, 5.74) is 1.38. The molecule has 0 aliphatic heterocycles. The molecule has 0 spiro atoms. The van der Waals surface area contributed by atoms with Crippen molar-refractivity contribution in [1.29, 1.82) is 0 Å². The maximum atomic E-state index is 13.8. The van der Waals surface area contributed by atoms with Crippen molar-refractivity contribution in [1.82, 2.24) is 0 Å². The van der Waals surface area contributed by atoms with E-state index < -0.39 is 17.4 Å². The number of rotatable bonds is 3. The van der Waals surface area contributed by atoms with Crippen LogP contribution in [0.25, 0.3) is 0 Å². The fourth-order valence-corrected chi connectivity index (χ4v) is 2.31. The summed E-state index contributed by atoms with van der Waals surface area (Å²) in [4.78, 5) is 0. The molecule has 0 heterocycles. The van der Waals surface area contributed by atoms with Gasteiger partial charge in [0.05, 0.1) is 4.47 Å². The SMILES string of the molecule is Cc1ccc(Oc2c(F)cc(CCl)cc2F)c(Br)c1. The number of aryl methyl sites for hydroxylation is 1. The lowest BCUT2D eigenvalue weighted by atomic mass is 10.2. The van der Waals surface area contributed by atoms with Crippen molar-refractivity contribution in [3.05, 3.63) is 57.6 Å². The monoisotopic (exact) mass is 346 g/mol. The van der Waals surface area contributed by atoms with Gasteiger partial charge >= 0.3 is 0 Å². The van der Waals surface area contributed by atoms with Crippen molar-refractivity contribution in [3.63, 3.8) is 0 Å². The summed E-state index contributed by atoms with van der Waals surface area (Å²) < 4.78 is 33.4. The van der Waals surface area contributed by atoms with Crippen LogP contribution in [0.5, 0.6) is 11.5 Å². The Morgan fingerprint density at radius 2 is 1.79 bits per heavy atom. The molecule has 2 aromatic carbocycles. The van der Waals surface area contributed by atoms with Gasteiger partial charge in [-0.25, -0.2) is 8.78 Å². The smallest absolute Gasteiger partial charge is 0.198 e. The molecule has 0 aliphatic rings. The molecule has 0 aromatic heterocycles. The molecule has 0 saturated carbocycles. The molecular weight excluding hydrogens is 338 g/mol. The number of alkyl halides is 1. The predicted molar refractivity (Wildman–Crippen MR) is 74.9 cm³/mol. The molecule has 0 fully saturated rings. The van der Waals surface area contributed by atoms with Gasteiger partial charge in [-0.2, -0.15) is 0 Å². The molecule has 0 aliphatic carbocycles. The van der Waals surface area contributed by atoms with E-state index in [4.69, 9.17) is 16.3 Å². The minimum Gasteiger partial charge on any atom is -0.450 e. The summed E-state index contributed by atoms with van der Waals surface area (Å²) in [6.07, 6.45) is 0. The molecule has 0 amide bonds. The third-order valence-corrected chi connectivity index (χ3v) is 3.44. The zero-order chi connectivity index (χ0) is 14.0. The first-order chi connectivity index (χ1) is 9.01. The van der Waals surface area contributed by atoms with Gasteiger partial charge in [0, 0.05) is 5.88 Å². The Balaban J connectivity index is 2.38. The standard InChI is InChI=1S/C14H10BrClF2O/c1-8-2-3-13(10(15)4-8)19-14-11(17)5-9(7-16)6-12(14)18/h2-6H,7H2,1H3. The fraction of sp³-hybridized carbons (Fsp3) is 0.143. The molecule has 100 valence electrons. The fourth-order valence-electron chi connectivity index (χ4n) is 1.59. The van der Waals surface area contributed by atoms with Crippen molar-refractivity contribution >= 4 is 27.5 Å². The summed E-state index contributed by atoms with van der Waals surface area (Å²) in [5.74, 6) is -1.59. The Kier molecular flexibility index (Phi) is 4.42. The third-order valence-electron chi connectivity index (χ3n) is 2.51. The summed E-state index contributed by atoms with van der Waals surface area (Å²) in [7, 11) is 0. The van der Waals surface area contributed by atoms with Gasteiger partial charge in [0.25, 0.3) is 0 Å². The zero-order valence-electron chi connectivity index (χ0n) is 10.0. The molecule has 0 radical (unpaired) electrons. The van der Waals surface area contributed by atoms with Crippen molar-refractivity contribution in [2.75, 3.05) is 0 Å². The van der Waals surface area contributed by atoms with Gasteiger partial charge in [-0.05, 0) is 58.2 Å². The molecule has 0 bridgehead atoms. The number of halogens is 4. The lowest BCUT2D eigenvalue weighted by Crippen LogP contribution is -1.95. The number of hydrogen-bond acceptors (Lipinski definition) is 1. The minimum absolute atomic E-state index is 0.0440. The molecule has 19 heavy (non-hydrogen) atoms. The van der Waals surface area contributed by atoms with Crippen LogP contribution in [0.1, 0.15) is 11.1 Å². The molecule has 0 unspecified atom stereocenters. The van der Waals surface area contributed by atoms with Crippen molar-refractivity contribution in [2.45, 2.75) is 12.8 Å². The molecule has 0 atom stereocenters. The van der Waals surface area contributed by atoms with Crippen LogP contribution in [0.4, 0.5) is 8.78 Å². The topological polar surface area (TPSA) is 9.23 Å². The summed E-state index contributed by atoms with van der Waals surface area (Å²) in [6.45, 7) is 1.91. The second-order valence-electron chi connectivity index (χ2n) is 4.06. The zero-order valence-corrected chi connectivity index (χ0v) is 12.4.